The van der Waals surface area contributed by atoms with Crippen LogP contribution in [-0.4, -0.2) is 54.9 Å². The average molecular weight is 380 g/mol. The third kappa shape index (κ3) is 4.07. The van der Waals surface area contributed by atoms with E-state index in [2.05, 4.69) is 24.0 Å². The first kappa shape index (κ1) is 20.7. The topological polar surface area (TPSA) is 30.9 Å². The summed E-state index contributed by atoms with van der Waals surface area (Å²) in [6, 6.07) is 10.3. The molecule has 27 heavy (non-hydrogen) atoms. The SMILES string of the molecule is CCC[C@@]1(C)O[C@@H]2[C@@H]([C@@H](C)F)CN(Cc3ccccc3)C[C@H]2O[C@]1(C)OC. The molecule has 0 amide bonds. The molecule has 1 aromatic carbocycles. The van der Waals surface area contributed by atoms with Crippen molar-refractivity contribution in [3.63, 3.8) is 0 Å². The number of halogens is 1. The van der Waals surface area contributed by atoms with E-state index in [0.717, 1.165) is 19.4 Å². The molecule has 0 saturated carbocycles. The second-order valence-corrected chi connectivity index (χ2v) is 8.39. The van der Waals surface area contributed by atoms with Gasteiger partial charge in [0.15, 0.2) is 5.79 Å². The van der Waals surface area contributed by atoms with Crippen LogP contribution in [0.15, 0.2) is 30.3 Å². The Bertz CT molecular complexity index is 613. The molecule has 5 heteroatoms. The zero-order chi connectivity index (χ0) is 19.7. The molecular formula is C22H34FNO3. The van der Waals surface area contributed by atoms with Gasteiger partial charge in [0.2, 0.25) is 0 Å². The van der Waals surface area contributed by atoms with Gasteiger partial charge in [-0.1, -0.05) is 43.7 Å². The van der Waals surface area contributed by atoms with Crippen molar-refractivity contribution in [2.24, 2.45) is 5.92 Å². The van der Waals surface area contributed by atoms with Crippen LogP contribution < -0.4 is 0 Å². The highest BCUT2D eigenvalue weighted by Gasteiger charge is 2.58. The minimum Gasteiger partial charge on any atom is -0.363 e. The minimum atomic E-state index is -0.961. The Morgan fingerprint density at radius 2 is 1.93 bits per heavy atom. The van der Waals surface area contributed by atoms with E-state index in [1.165, 1.54) is 5.56 Å². The van der Waals surface area contributed by atoms with Crippen LogP contribution in [0.4, 0.5) is 4.39 Å². The lowest BCUT2D eigenvalue weighted by atomic mass is 9.82. The molecule has 0 aromatic heterocycles. The molecule has 0 radical (unpaired) electrons. The summed E-state index contributed by atoms with van der Waals surface area (Å²) < 4.78 is 33.4. The number of likely N-dealkylation sites (tertiary alicyclic amines) is 1. The molecule has 0 bridgehead atoms. The molecule has 2 aliphatic heterocycles. The van der Waals surface area contributed by atoms with Gasteiger partial charge in [-0.05, 0) is 32.8 Å². The van der Waals surface area contributed by atoms with Gasteiger partial charge in [0.1, 0.15) is 17.9 Å². The van der Waals surface area contributed by atoms with Crippen LogP contribution in [0.3, 0.4) is 0 Å². The molecule has 4 nitrogen and oxygen atoms in total. The molecular weight excluding hydrogens is 345 g/mol. The summed E-state index contributed by atoms with van der Waals surface area (Å²) in [4.78, 5) is 2.28. The fraction of sp³-hybridized carbons (Fsp3) is 0.727. The standard InChI is InChI=1S/C22H34FNO3/c1-6-12-21(3)22(4,25-5)26-19-15-24(13-17-10-8-7-9-11-17)14-18(16(2)23)20(19)27-21/h7-11,16,18-20H,6,12-15H2,1-5H3/t16-,18-,19-,20-,21-,22+/m1/s1. The Morgan fingerprint density at radius 3 is 2.52 bits per heavy atom. The molecule has 2 saturated heterocycles. The highest BCUT2D eigenvalue weighted by Crippen LogP contribution is 2.45. The third-order valence-electron chi connectivity index (χ3n) is 6.38. The lowest BCUT2D eigenvalue weighted by Crippen LogP contribution is -2.70. The van der Waals surface area contributed by atoms with Crippen LogP contribution in [0.5, 0.6) is 0 Å². The first-order valence-electron chi connectivity index (χ1n) is 10.1. The highest BCUT2D eigenvalue weighted by molar-refractivity contribution is 5.15. The number of nitrogens with zero attached hydrogens (tertiary/aromatic N) is 1. The largest absolute Gasteiger partial charge is 0.363 e. The number of methoxy groups -OCH3 is 1. The molecule has 0 N–H and O–H groups in total. The second kappa shape index (κ2) is 8.16. The van der Waals surface area contributed by atoms with Gasteiger partial charge in [-0.25, -0.2) is 4.39 Å². The Balaban J connectivity index is 1.83. The predicted molar refractivity (Wildman–Crippen MR) is 104 cm³/mol. The zero-order valence-electron chi connectivity index (χ0n) is 17.3. The fourth-order valence-electron chi connectivity index (χ4n) is 4.60. The van der Waals surface area contributed by atoms with Crippen LogP contribution in [0.25, 0.3) is 0 Å². The van der Waals surface area contributed by atoms with Gasteiger partial charge >= 0.3 is 0 Å². The average Bonchev–Trinajstić information content (AvgIpc) is 2.63. The van der Waals surface area contributed by atoms with E-state index in [9.17, 15) is 4.39 Å². The van der Waals surface area contributed by atoms with E-state index in [4.69, 9.17) is 14.2 Å². The van der Waals surface area contributed by atoms with Crippen LogP contribution in [-0.2, 0) is 20.8 Å². The van der Waals surface area contributed by atoms with Crippen molar-refractivity contribution < 1.29 is 18.6 Å². The number of rotatable bonds is 6. The number of fused-ring (bicyclic) bond motifs is 1. The summed E-state index contributed by atoms with van der Waals surface area (Å²) >= 11 is 0. The van der Waals surface area contributed by atoms with Crippen molar-refractivity contribution >= 4 is 0 Å². The molecule has 0 unspecified atom stereocenters. The van der Waals surface area contributed by atoms with Crippen molar-refractivity contribution in [1.29, 1.82) is 0 Å². The molecule has 0 aliphatic carbocycles. The van der Waals surface area contributed by atoms with Crippen LogP contribution in [0.2, 0.25) is 0 Å². The number of alkyl halides is 1. The number of ether oxygens (including phenoxy) is 3. The summed E-state index contributed by atoms with van der Waals surface area (Å²) in [7, 11) is 1.66. The predicted octanol–water partition coefficient (Wildman–Crippen LogP) is 4.18. The smallest absolute Gasteiger partial charge is 0.194 e. The van der Waals surface area contributed by atoms with Crippen molar-refractivity contribution in [2.45, 2.75) is 76.8 Å². The summed E-state index contributed by atoms with van der Waals surface area (Å²) in [5.74, 6) is -1.06. The number of piperidine rings is 1. The summed E-state index contributed by atoms with van der Waals surface area (Å²) in [6.07, 6.45) is 0.336. The minimum absolute atomic E-state index is 0.208. The Labute approximate surface area is 163 Å². The van der Waals surface area contributed by atoms with Crippen LogP contribution in [0.1, 0.15) is 46.1 Å². The number of hydrogen-bond donors (Lipinski definition) is 0. The van der Waals surface area contributed by atoms with E-state index in [1.54, 1.807) is 14.0 Å². The summed E-state index contributed by atoms with van der Waals surface area (Å²) in [5, 5.41) is 0. The van der Waals surface area contributed by atoms with Gasteiger partial charge < -0.3 is 14.2 Å². The van der Waals surface area contributed by atoms with Crippen molar-refractivity contribution in [2.75, 3.05) is 20.2 Å². The number of benzene rings is 1. The summed E-state index contributed by atoms with van der Waals surface area (Å²) in [6.45, 7) is 9.90. The Hall–Kier alpha value is -1.01. The summed E-state index contributed by atoms with van der Waals surface area (Å²) in [5.41, 5.74) is 0.634. The maximum Gasteiger partial charge on any atom is 0.194 e. The van der Waals surface area contributed by atoms with Gasteiger partial charge in [-0.15, -0.1) is 0 Å². The van der Waals surface area contributed by atoms with Gasteiger partial charge in [0, 0.05) is 32.7 Å². The fourth-order valence-corrected chi connectivity index (χ4v) is 4.60. The van der Waals surface area contributed by atoms with E-state index < -0.39 is 17.6 Å². The van der Waals surface area contributed by atoms with Crippen molar-refractivity contribution in [3.8, 4) is 0 Å². The van der Waals surface area contributed by atoms with Gasteiger partial charge in [-0.2, -0.15) is 0 Å². The molecule has 0 spiro atoms. The van der Waals surface area contributed by atoms with E-state index in [0.29, 0.717) is 13.1 Å². The number of hydrogen-bond acceptors (Lipinski definition) is 4. The monoisotopic (exact) mass is 379 g/mol. The Morgan fingerprint density at radius 1 is 1.22 bits per heavy atom. The van der Waals surface area contributed by atoms with E-state index in [1.807, 2.05) is 32.0 Å². The van der Waals surface area contributed by atoms with Crippen LogP contribution in [0, 0.1) is 5.92 Å². The van der Waals surface area contributed by atoms with Gasteiger partial charge in [0.05, 0.1) is 6.10 Å². The molecule has 3 rings (SSSR count). The molecule has 1 aromatic rings. The first-order chi connectivity index (χ1) is 12.8. The first-order valence-corrected chi connectivity index (χ1v) is 10.1. The zero-order valence-corrected chi connectivity index (χ0v) is 17.3. The highest BCUT2D eigenvalue weighted by atomic mass is 19.1. The Kier molecular flexibility index (Phi) is 6.26. The second-order valence-electron chi connectivity index (χ2n) is 8.39. The maximum atomic E-state index is 14.6. The lowest BCUT2D eigenvalue weighted by Gasteiger charge is -2.57. The van der Waals surface area contributed by atoms with Crippen molar-refractivity contribution in [1.82, 2.24) is 4.90 Å². The normalized spacial score (nSPS) is 38.4. The van der Waals surface area contributed by atoms with Gasteiger partial charge in [-0.3, -0.25) is 4.90 Å². The van der Waals surface area contributed by atoms with E-state index >= 15 is 0 Å². The molecule has 6 atom stereocenters. The molecule has 2 aliphatic rings. The van der Waals surface area contributed by atoms with Crippen LogP contribution >= 0.6 is 0 Å². The third-order valence-corrected chi connectivity index (χ3v) is 6.38. The van der Waals surface area contributed by atoms with Gasteiger partial charge in [0.25, 0.3) is 0 Å². The lowest BCUT2D eigenvalue weighted by molar-refractivity contribution is -0.401. The molecule has 2 fully saturated rings. The van der Waals surface area contributed by atoms with Crippen molar-refractivity contribution in [3.05, 3.63) is 35.9 Å². The quantitative estimate of drug-likeness (QED) is 0.742. The molecule has 2 heterocycles. The van der Waals surface area contributed by atoms with E-state index in [-0.39, 0.29) is 18.1 Å². The maximum absolute atomic E-state index is 14.6. The molecule has 152 valence electrons.